The van der Waals surface area contributed by atoms with Crippen LogP contribution >= 0.6 is 11.6 Å². The molecule has 4 nitrogen and oxygen atoms in total. The molecular weight excluding hydrogens is 360 g/mol. The molecule has 1 heterocycles. The van der Waals surface area contributed by atoms with Crippen LogP contribution in [-0.2, 0) is 9.53 Å². The minimum absolute atomic E-state index is 0.00898. The van der Waals surface area contributed by atoms with Crippen molar-refractivity contribution in [2.45, 2.75) is 24.7 Å². The Morgan fingerprint density at radius 1 is 1.04 bits per heavy atom. The van der Waals surface area contributed by atoms with Gasteiger partial charge in [-0.2, -0.15) is 5.26 Å². The predicted octanol–water partition coefficient (Wildman–Crippen LogP) is 4.55. The van der Waals surface area contributed by atoms with Gasteiger partial charge in [-0.1, -0.05) is 54.1 Å². The molecule has 1 aliphatic heterocycles. The Kier molecular flexibility index (Phi) is 4.47. The van der Waals surface area contributed by atoms with Crippen LogP contribution in [0.3, 0.4) is 0 Å². The number of benzene rings is 2. The lowest BCUT2D eigenvalue weighted by Gasteiger charge is -2.34. The zero-order chi connectivity index (χ0) is 19.0. The first kappa shape index (κ1) is 17.4. The molecule has 2 aromatic rings. The molecule has 2 aromatic carbocycles. The lowest BCUT2D eigenvalue weighted by atomic mass is 9.73. The van der Waals surface area contributed by atoms with Crippen LogP contribution in [0.2, 0.25) is 5.02 Å². The second-order valence-corrected chi connectivity index (χ2v) is 7.19. The van der Waals surface area contributed by atoms with E-state index in [9.17, 15) is 10.1 Å². The topological polar surface area (TPSA) is 76.1 Å². The molecule has 2 N–H and O–H groups in total. The van der Waals surface area contributed by atoms with Crippen LogP contribution in [0.1, 0.15) is 35.8 Å². The van der Waals surface area contributed by atoms with Gasteiger partial charge in [-0.05, 0) is 29.2 Å². The van der Waals surface area contributed by atoms with E-state index in [4.69, 9.17) is 22.1 Å². The fraction of sp³-hybridized carbons (Fsp3) is 0.182. The summed E-state index contributed by atoms with van der Waals surface area (Å²) in [6, 6.07) is 19.2. The molecule has 0 aromatic heterocycles. The number of allylic oxidation sites excluding steroid dienone is 3. The van der Waals surface area contributed by atoms with Crippen molar-refractivity contribution in [2.75, 3.05) is 0 Å². The zero-order valence-electron chi connectivity index (χ0n) is 14.5. The molecule has 134 valence electrons. The highest BCUT2D eigenvalue weighted by Gasteiger charge is 2.40. The number of nitrogens with two attached hydrogens (primary N) is 1. The summed E-state index contributed by atoms with van der Waals surface area (Å²) in [7, 11) is 0. The summed E-state index contributed by atoms with van der Waals surface area (Å²) < 4.78 is 5.76. The van der Waals surface area contributed by atoms with E-state index in [1.165, 1.54) is 0 Å². The molecule has 2 atom stereocenters. The van der Waals surface area contributed by atoms with Crippen LogP contribution in [-0.4, -0.2) is 5.78 Å². The van der Waals surface area contributed by atoms with Gasteiger partial charge >= 0.3 is 0 Å². The van der Waals surface area contributed by atoms with Crippen molar-refractivity contribution in [1.82, 2.24) is 0 Å². The fourth-order valence-electron chi connectivity index (χ4n) is 3.86. The van der Waals surface area contributed by atoms with Crippen LogP contribution in [0.15, 0.2) is 77.4 Å². The maximum absolute atomic E-state index is 13.1. The molecule has 27 heavy (non-hydrogen) atoms. The van der Waals surface area contributed by atoms with E-state index in [0.717, 1.165) is 11.1 Å². The van der Waals surface area contributed by atoms with Crippen molar-refractivity contribution >= 4 is 17.4 Å². The second-order valence-electron chi connectivity index (χ2n) is 6.75. The van der Waals surface area contributed by atoms with E-state index in [2.05, 4.69) is 6.07 Å². The monoisotopic (exact) mass is 376 g/mol. The Hall–Kier alpha value is -3.03. The molecule has 0 spiro atoms. The van der Waals surface area contributed by atoms with Gasteiger partial charge in [0.15, 0.2) is 5.78 Å². The van der Waals surface area contributed by atoms with Crippen molar-refractivity contribution in [3.8, 4) is 6.07 Å². The van der Waals surface area contributed by atoms with Gasteiger partial charge in [0.25, 0.3) is 0 Å². The van der Waals surface area contributed by atoms with E-state index in [0.29, 0.717) is 29.2 Å². The number of nitrogens with zero attached hydrogens (tertiary/aromatic N) is 1. The number of carbonyl (C=O) groups is 1. The highest BCUT2D eigenvalue weighted by Crippen LogP contribution is 2.46. The Balaban J connectivity index is 1.79. The number of nitriles is 1. The van der Waals surface area contributed by atoms with Gasteiger partial charge in [-0.25, -0.2) is 0 Å². The number of hydrogen-bond acceptors (Lipinski definition) is 4. The number of ether oxygens (including phenoxy) is 1. The van der Waals surface area contributed by atoms with Gasteiger partial charge in [-0.3, -0.25) is 4.79 Å². The molecule has 0 fully saturated rings. The summed E-state index contributed by atoms with van der Waals surface area (Å²) in [6.45, 7) is 0. The minimum Gasteiger partial charge on any atom is -0.444 e. The Morgan fingerprint density at radius 2 is 1.74 bits per heavy atom. The predicted molar refractivity (Wildman–Crippen MR) is 103 cm³/mol. The van der Waals surface area contributed by atoms with Crippen molar-refractivity contribution in [3.05, 3.63) is 93.5 Å². The normalized spacial score (nSPS) is 22.1. The number of halogens is 1. The van der Waals surface area contributed by atoms with Gasteiger partial charge < -0.3 is 10.5 Å². The number of carbonyl (C=O) groups excluding carboxylic acids is 1. The summed E-state index contributed by atoms with van der Waals surface area (Å²) in [4.78, 5) is 13.1. The summed E-state index contributed by atoms with van der Waals surface area (Å²) in [5, 5.41) is 10.2. The van der Waals surface area contributed by atoms with Crippen LogP contribution in [0.25, 0.3) is 0 Å². The first-order chi connectivity index (χ1) is 13.1. The second kappa shape index (κ2) is 6.94. The van der Waals surface area contributed by atoms with E-state index in [1.54, 1.807) is 12.1 Å². The van der Waals surface area contributed by atoms with Gasteiger partial charge in [0, 0.05) is 23.4 Å². The van der Waals surface area contributed by atoms with Gasteiger partial charge in [0.05, 0.1) is 5.92 Å². The zero-order valence-corrected chi connectivity index (χ0v) is 15.2. The first-order valence-electron chi connectivity index (χ1n) is 8.72. The number of rotatable bonds is 2. The van der Waals surface area contributed by atoms with Crippen molar-refractivity contribution < 1.29 is 9.53 Å². The SMILES string of the molecule is N#CC1=C(N)OC2=C(C(=O)C[C@H](c3ccccc3)C2)[C@H]1c1ccc(Cl)cc1. The van der Waals surface area contributed by atoms with Gasteiger partial charge in [0.1, 0.15) is 17.4 Å². The van der Waals surface area contributed by atoms with Gasteiger partial charge in [-0.15, -0.1) is 0 Å². The van der Waals surface area contributed by atoms with Crippen LogP contribution in [0, 0.1) is 11.3 Å². The molecule has 0 saturated carbocycles. The number of ketones is 1. The van der Waals surface area contributed by atoms with E-state index in [1.807, 2.05) is 42.5 Å². The minimum atomic E-state index is -0.514. The van der Waals surface area contributed by atoms with Crippen molar-refractivity contribution in [2.24, 2.45) is 5.73 Å². The average Bonchev–Trinajstić information content (AvgIpc) is 2.68. The third-order valence-electron chi connectivity index (χ3n) is 5.14. The van der Waals surface area contributed by atoms with Gasteiger partial charge in [0.2, 0.25) is 5.88 Å². The number of hydrogen-bond donors (Lipinski definition) is 1. The van der Waals surface area contributed by atoms with E-state index in [-0.39, 0.29) is 23.2 Å². The lowest BCUT2D eigenvalue weighted by molar-refractivity contribution is -0.117. The summed E-state index contributed by atoms with van der Waals surface area (Å²) in [6.07, 6.45) is 0.962. The van der Waals surface area contributed by atoms with Crippen LogP contribution < -0.4 is 5.73 Å². The molecule has 4 rings (SSSR count). The highest BCUT2D eigenvalue weighted by molar-refractivity contribution is 6.30. The first-order valence-corrected chi connectivity index (χ1v) is 9.10. The number of Topliss-reactive ketones (excluding diaryl/α,β-unsaturated/α-hetero) is 1. The lowest BCUT2D eigenvalue weighted by Crippen LogP contribution is -2.29. The standard InChI is InChI=1S/C22H17ClN2O2/c23-16-8-6-14(7-9-16)20-17(12-24)22(25)27-19-11-15(10-18(26)21(19)20)13-4-2-1-3-5-13/h1-9,15,20H,10-11,25H2/t15-,20-/m0/s1. The molecular formula is C22H17ClN2O2. The molecule has 1 aliphatic carbocycles. The summed E-state index contributed by atoms with van der Waals surface area (Å²) in [5.41, 5.74) is 8.75. The summed E-state index contributed by atoms with van der Waals surface area (Å²) >= 11 is 6.00. The average molecular weight is 377 g/mol. The Labute approximate surface area is 162 Å². The fourth-order valence-corrected chi connectivity index (χ4v) is 3.98. The van der Waals surface area contributed by atoms with E-state index >= 15 is 0 Å². The quantitative estimate of drug-likeness (QED) is 0.834. The molecule has 0 radical (unpaired) electrons. The van der Waals surface area contributed by atoms with Crippen LogP contribution in [0.4, 0.5) is 0 Å². The molecule has 0 unspecified atom stereocenters. The highest BCUT2D eigenvalue weighted by atomic mass is 35.5. The summed E-state index contributed by atoms with van der Waals surface area (Å²) in [5.74, 6) is 0.152. The van der Waals surface area contributed by atoms with Crippen molar-refractivity contribution in [1.29, 1.82) is 5.26 Å². The molecule has 0 amide bonds. The molecule has 0 bridgehead atoms. The van der Waals surface area contributed by atoms with Crippen LogP contribution in [0.5, 0.6) is 0 Å². The Bertz CT molecular complexity index is 1000. The maximum atomic E-state index is 13.1. The van der Waals surface area contributed by atoms with Crippen molar-refractivity contribution in [3.63, 3.8) is 0 Å². The molecule has 2 aliphatic rings. The third-order valence-corrected chi connectivity index (χ3v) is 5.39. The Morgan fingerprint density at radius 3 is 2.41 bits per heavy atom. The smallest absolute Gasteiger partial charge is 0.205 e. The molecule has 5 heteroatoms. The van der Waals surface area contributed by atoms with E-state index < -0.39 is 5.92 Å². The largest absolute Gasteiger partial charge is 0.444 e. The third kappa shape index (κ3) is 3.11. The molecule has 0 saturated heterocycles. The maximum Gasteiger partial charge on any atom is 0.205 e.